The summed E-state index contributed by atoms with van der Waals surface area (Å²) in [7, 11) is 0. The molecule has 2 aromatic rings. The third-order valence-electron chi connectivity index (χ3n) is 3.14. The fourth-order valence-corrected chi connectivity index (χ4v) is 2.30. The summed E-state index contributed by atoms with van der Waals surface area (Å²) < 4.78 is 0. The lowest BCUT2D eigenvalue weighted by molar-refractivity contribution is 0.673. The number of pyridine rings is 1. The van der Waals surface area contributed by atoms with Gasteiger partial charge in [0.05, 0.1) is 5.52 Å². The standard InChI is InChI=1S/C15H21N3/c1-4-9-18(11(2)3)15-7-8-17-14-10-12(16)5-6-13(14)15/h5-8,10-11H,4,9,16H2,1-3H3. The summed E-state index contributed by atoms with van der Waals surface area (Å²) in [6.45, 7) is 7.70. The van der Waals surface area contributed by atoms with Gasteiger partial charge in [-0.05, 0) is 44.5 Å². The number of nitrogens with zero attached hydrogens (tertiary/aromatic N) is 2. The summed E-state index contributed by atoms with van der Waals surface area (Å²) in [5.74, 6) is 0. The number of fused-ring (bicyclic) bond motifs is 1. The van der Waals surface area contributed by atoms with Crippen LogP contribution in [0.2, 0.25) is 0 Å². The van der Waals surface area contributed by atoms with Gasteiger partial charge in [-0.3, -0.25) is 4.98 Å². The van der Waals surface area contributed by atoms with E-state index in [4.69, 9.17) is 5.73 Å². The Morgan fingerprint density at radius 3 is 2.72 bits per heavy atom. The van der Waals surface area contributed by atoms with E-state index in [1.165, 1.54) is 11.1 Å². The fraction of sp³-hybridized carbons (Fsp3) is 0.400. The summed E-state index contributed by atoms with van der Waals surface area (Å²) in [6.07, 6.45) is 3.00. The maximum absolute atomic E-state index is 5.81. The largest absolute Gasteiger partial charge is 0.399 e. The maximum Gasteiger partial charge on any atom is 0.0743 e. The van der Waals surface area contributed by atoms with Crippen LogP contribution in [0.25, 0.3) is 10.9 Å². The molecule has 3 heteroatoms. The van der Waals surface area contributed by atoms with E-state index in [0.29, 0.717) is 6.04 Å². The van der Waals surface area contributed by atoms with Crippen LogP contribution in [0.15, 0.2) is 30.5 Å². The molecule has 0 spiro atoms. The van der Waals surface area contributed by atoms with Crippen molar-refractivity contribution in [2.24, 2.45) is 0 Å². The third-order valence-corrected chi connectivity index (χ3v) is 3.14. The van der Waals surface area contributed by atoms with Crippen molar-refractivity contribution in [3.05, 3.63) is 30.5 Å². The monoisotopic (exact) mass is 243 g/mol. The van der Waals surface area contributed by atoms with E-state index in [1.807, 2.05) is 18.3 Å². The van der Waals surface area contributed by atoms with Gasteiger partial charge in [-0.2, -0.15) is 0 Å². The maximum atomic E-state index is 5.81. The molecule has 0 aliphatic rings. The van der Waals surface area contributed by atoms with Crippen molar-refractivity contribution in [2.45, 2.75) is 33.2 Å². The first-order valence-corrected chi connectivity index (χ1v) is 6.54. The van der Waals surface area contributed by atoms with Crippen molar-refractivity contribution in [1.29, 1.82) is 0 Å². The molecule has 2 rings (SSSR count). The normalized spacial score (nSPS) is 11.1. The van der Waals surface area contributed by atoms with Crippen LogP contribution < -0.4 is 10.6 Å². The Balaban J connectivity index is 2.55. The molecule has 0 unspecified atom stereocenters. The topological polar surface area (TPSA) is 42.2 Å². The van der Waals surface area contributed by atoms with E-state index in [-0.39, 0.29) is 0 Å². The SMILES string of the molecule is CCCN(c1ccnc2cc(N)ccc12)C(C)C. The second-order valence-electron chi connectivity index (χ2n) is 4.89. The van der Waals surface area contributed by atoms with Crippen LogP contribution in [0.1, 0.15) is 27.2 Å². The highest BCUT2D eigenvalue weighted by Gasteiger charge is 2.12. The molecule has 0 aliphatic carbocycles. The Hall–Kier alpha value is -1.77. The Labute approximate surface area is 109 Å². The Morgan fingerprint density at radius 2 is 2.06 bits per heavy atom. The fourth-order valence-electron chi connectivity index (χ4n) is 2.30. The number of benzene rings is 1. The molecule has 0 amide bonds. The van der Waals surface area contributed by atoms with Crippen molar-refractivity contribution in [1.82, 2.24) is 4.98 Å². The van der Waals surface area contributed by atoms with Crippen molar-refractivity contribution in [3.8, 4) is 0 Å². The number of anilines is 2. The van der Waals surface area contributed by atoms with Crippen molar-refractivity contribution < 1.29 is 0 Å². The lowest BCUT2D eigenvalue weighted by Crippen LogP contribution is -2.31. The van der Waals surface area contributed by atoms with Crippen LogP contribution >= 0.6 is 0 Å². The first-order chi connectivity index (χ1) is 8.63. The second-order valence-corrected chi connectivity index (χ2v) is 4.89. The van der Waals surface area contributed by atoms with E-state index in [2.05, 4.69) is 42.8 Å². The molecule has 0 atom stereocenters. The summed E-state index contributed by atoms with van der Waals surface area (Å²) >= 11 is 0. The van der Waals surface area contributed by atoms with Gasteiger partial charge in [0, 0.05) is 35.5 Å². The van der Waals surface area contributed by atoms with Crippen LogP contribution in [0, 0.1) is 0 Å². The van der Waals surface area contributed by atoms with Crippen molar-refractivity contribution in [3.63, 3.8) is 0 Å². The van der Waals surface area contributed by atoms with Gasteiger partial charge < -0.3 is 10.6 Å². The number of hydrogen-bond acceptors (Lipinski definition) is 3. The molecule has 2 N–H and O–H groups in total. The molecule has 0 saturated heterocycles. The Morgan fingerprint density at radius 1 is 1.28 bits per heavy atom. The zero-order chi connectivity index (χ0) is 13.1. The number of nitrogen functional groups attached to an aromatic ring is 1. The van der Waals surface area contributed by atoms with E-state index in [1.54, 1.807) is 0 Å². The minimum absolute atomic E-state index is 0.480. The number of aromatic nitrogens is 1. The summed E-state index contributed by atoms with van der Waals surface area (Å²) in [6, 6.07) is 8.51. The van der Waals surface area contributed by atoms with Gasteiger partial charge in [0.15, 0.2) is 0 Å². The second kappa shape index (κ2) is 5.25. The third kappa shape index (κ3) is 2.40. The molecular formula is C15H21N3. The smallest absolute Gasteiger partial charge is 0.0743 e. The average molecular weight is 243 g/mol. The molecule has 0 saturated carbocycles. The van der Waals surface area contributed by atoms with Gasteiger partial charge in [0.25, 0.3) is 0 Å². The predicted molar refractivity (Wildman–Crippen MR) is 78.9 cm³/mol. The van der Waals surface area contributed by atoms with Crippen molar-refractivity contribution in [2.75, 3.05) is 17.2 Å². The lowest BCUT2D eigenvalue weighted by atomic mass is 10.1. The van der Waals surface area contributed by atoms with Gasteiger partial charge in [0.2, 0.25) is 0 Å². The molecule has 0 bridgehead atoms. The average Bonchev–Trinajstić information content (AvgIpc) is 2.34. The molecule has 18 heavy (non-hydrogen) atoms. The van der Waals surface area contributed by atoms with Crippen LogP contribution in [-0.4, -0.2) is 17.6 Å². The Kier molecular flexibility index (Phi) is 3.70. The van der Waals surface area contributed by atoms with Crippen LogP contribution in [0.3, 0.4) is 0 Å². The van der Waals surface area contributed by atoms with Gasteiger partial charge in [-0.25, -0.2) is 0 Å². The van der Waals surface area contributed by atoms with E-state index < -0.39 is 0 Å². The minimum atomic E-state index is 0.480. The first kappa shape index (κ1) is 12.7. The summed E-state index contributed by atoms with van der Waals surface area (Å²) in [4.78, 5) is 6.81. The summed E-state index contributed by atoms with van der Waals surface area (Å²) in [5.41, 5.74) is 8.79. The van der Waals surface area contributed by atoms with Gasteiger partial charge in [-0.15, -0.1) is 0 Å². The first-order valence-electron chi connectivity index (χ1n) is 6.54. The van der Waals surface area contributed by atoms with Gasteiger partial charge in [0.1, 0.15) is 0 Å². The quantitative estimate of drug-likeness (QED) is 0.836. The highest BCUT2D eigenvalue weighted by molar-refractivity contribution is 5.93. The molecule has 3 nitrogen and oxygen atoms in total. The molecule has 96 valence electrons. The summed E-state index contributed by atoms with van der Waals surface area (Å²) in [5, 5.41) is 1.17. The van der Waals surface area contributed by atoms with Crippen LogP contribution in [0.5, 0.6) is 0 Å². The van der Waals surface area contributed by atoms with Crippen LogP contribution in [-0.2, 0) is 0 Å². The number of hydrogen-bond donors (Lipinski definition) is 1. The molecule has 0 aliphatic heterocycles. The van der Waals surface area contributed by atoms with Crippen molar-refractivity contribution >= 4 is 22.3 Å². The zero-order valence-electron chi connectivity index (χ0n) is 11.4. The predicted octanol–water partition coefficient (Wildman–Crippen LogP) is 3.44. The number of nitrogens with two attached hydrogens (primary N) is 1. The molecular weight excluding hydrogens is 222 g/mol. The van der Waals surface area contributed by atoms with Crippen LogP contribution in [0.4, 0.5) is 11.4 Å². The molecule has 0 radical (unpaired) electrons. The highest BCUT2D eigenvalue weighted by atomic mass is 15.2. The molecule has 1 heterocycles. The molecule has 1 aromatic heterocycles. The van der Waals surface area contributed by atoms with E-state index in [9.17, 15) is 0 Å². The van der Waals surface area contributed by atoms with E-state index >= 15 is 0 Å². The molecule has 0 fully saturated rings. The molecule has 1 aromatic carbocycles. The Bertz CT molecular complexity index is 534. The minimum Gasteiger partial charge on any atom is -0.399 e. The zero-order valence-corrected chi connectivity index (χ0v) is 11.4. The van der Waals surface area contributed by atoms with Gasteiger partial charge in [-0.1, -0.05) is 6.92 Å². The number of rotatable bonds is 4. The highest BCUT2D eigenvalue weighted by Crippen LogP contribution is 2.28. The lowest BCUT2D eigenvalue weighted by Gasteiger charge is -2.29. The van der Waals surface area contributed by atoms with E-state index in [0.717, 1.165) is 24.2 Å². The van der Waals surface area contributed by atoms with Gasteiger partial charge >= 0.3 is 0 Å².